The van der Waals surface area contributed by atoms with E-state index in [0.717, 1.165) is 25.0 Å². The highest BCUT2D eigenvalue weighted by molar-refractivity contribution is 5.92. The van der Waals surface area contributed by atoms with Gasteiger partial charge in [-0.1, -0.05) is 6.07 Å². The fourth-order valence-corrected chi connectivity index (χ4v) is 3.78. The first-order valence-corrected chi connectivity index (χ1v) is 10.4. The minimum atomic E-state index is -4.50. The van der Waals surface area contributed by atoms with Gasteiger partial charge >= 0.3 is 6.18 Å². The van der Waals surface area contributed by atoms with E-state index in [4.69, 9.17) is 4.42 Å². The van der Waals surface area contributed by atoms with Gasteiger partial charge in [-0.05, 0) is 60.7 Å². The molecule has 0 spiro atoms. The minimum absolute atomic E-state index is 0.0216. The first kappa shape index (κ1) is 22.6. The largest absolute Gasteiger partial charge is 0.423 e. The topological polar surface area (TPSA) is 103 Å². The van der Waals surface area contributed by atoms with Crippen LogP contribution in [0.5, 0.6) is 0 Å². The maximum atomic E-state index is 13.3. The fourth-order valence-electron chi connectivity index (χ4n) is 3.78. The Hall–Kier alpha value is -3.57. The van der Waals surface area contributed by atoms with Crippen LogP contribution >= 0.6 is 0 Å². The highest BCUT2D eigenvalue weighted by Gasteiger charge is 2.32. The zero-order valence-corrected chi connectivity index (χ0v) is 18.1. The summed E-state index contributed by atoms with van der Waals surface area (Å²) in [5.74, 6) is 0.930. The van der Waals surface area contributed by atoms with Crippen molar-refractivity contribution in [1.82, 2.24) is 35.3 Å². The molecule has 1 saturated heterocycles. The first-order chi connectivity index (χ1) is 15.7. The van der Waals surface area contributed by atoms with Crippen LogP contribution in [0.15, 0.2) is 28.7 Å². The SMILES string of the molecule is Cc1nnn(Cc2cc(C(F)(F)F)ccc2/C=C/C(=O)N2CCCC[C@H]2c2nnc(C)o2)n1. The van der Waals surface area contributed by atoms with Gasteiger partial charge in [0.2, 0.25) is 17.7 Å². The van der Waals surface area contributed by atoms with Gasteiger partial charge in [-0.15, -0.1) is 20.4 Å². The number of alkyl halides is 3. The highest BCUT2D eigenvalue weighted by Crippen LogP contribution is 2.32. The van der Waals surface area contributed by atoms with E-state index < -0.39 is 11.7 Å². The Labute approximate surface area is 187 Å². The molecule has 3 heterocycles. The molecule has 12 heteroatoms. The third kappa shape index (κ3) is 5.26. The van der Waals surface area contributed by atoms with E-state index in [1.807, 2.05) is 0 Å². The Morgan fingerprint density at radius 3 is 2.70 bits per heavy atom. The number of carbonyl (C=O) groups excluding carboxylic acids is 1. The van der Waals surface area contributed by atoms with E-state index in [-0.39, 0.29) is 18.5 Å². The maximum Gasteiger partial charge on any atom is 0.416 e. The molecule has 4 rings (SSSR count). The van der Waals surface area contributed by atoms with E-state index in [9.17, 15) is 18.0 Å². The fraction of sp³-hybridized carbons (Fsp3) is 0.429. The molecule has 1 aliphatic rings. The van der Waals surface area contributed by atoms with Crippen LogP contribution in [-0.4, -0.2) is 47.8 Å². The van der Waals surface area contributed by atoms with Crippen LogP contribution in [0.25, 0.3) is 6.08 Å². The van der Waals surface area contributed by atoms with Crippen LogP contribution in [0.1, 0.15) is 59.6 Å². The summed E-state index contributed by atoms with van der Waals surface area (Å²) < 4.78 is 45.3. The number of halogens is 3. The van der Waals surface area contributed by atoms with Crippen molar-refractivity contribution in [2.24, 2.45) is 0 Å². The Kier molecular flexibility index (Phi) is 6.25. The minimum Gasteiger partial charge on any atom is -0.423 e. The summed E-state index contributed by atoms with van der Waals surface area (Å²) in [6, 6.07) is 3.03. The highest BCUT2D eigenvalue weighted by atomic mass is 19.4. The van der Waals surface area contributed by atoms with Crippen molar-refractivity contribution < 1.29 is 22.4 Å². The van der Waals surface area contributed by atoms with Crippen LogP contribution in [0.4, 0.5) is 13.2 Å². The number of hydrogen-bond donors (Lipinski definition) is 0. The molecule has 0 saturated carbocycles. The summed E-state index contributed by atoms with van der Waals surface area (Å²) in [4.78, 5) is 15.9. The summed E-state index contributed by atoms with van der Waals surface area (Å²) in [6.45, 7) is 3.82. The van der Waals surface area contributed by atoms with Gasteiger partial charge in [-0.25, -0.2) is 0 Å². The lowest BCUT2D eigenvalue weighted by Gasteiger charge is -2.32. The standard InChI is InChI=1S/C21H22F3N7O2/c1-13-25-29-31(28-13)12-16-11-17(21(22,23)24)8-6-15(16)7-9-19(32)30-10-4-3-5-18(30)20-27-26-14(2)33-20/h6-9,11,18H,3-5,10,12H2,1-2H3/b9-7+/t18-/m0/s1. The third-order valence-electron chi connectivity index (χ3n) is 5.35. The molecule has 0 unspecified atom stereocenters. The molecule has 0 bridgehead atoms. The molecule has 9 nitrogen and oxygen atoms in total. The van der Waals surface area contributed by atoms with E-state index in [1.54, 1.807) is 18.7 Å². The predicted molar refractivity (Wildman–Crippen MR) is 109 cm³/mol. The van der Waals surface area contributed by atoms with Crippen molar-refractivity contribution in [3.8, 4) is 0 Å². The van der Waals surface area contributed by atoms with Gasteiger partial charge in [0.25, 0.3) is 0 Å². The number of hydrogen-bond acceptors (Lipinski definition) is 7. The number of piperidine rings is 1. The summed E-state index contributed by atoms with van der Waals surface area (Å²) in [6.07, 6.45) is 0.824. The van der Waals surface area contributed by atoms with Crippen LogP contribution < -0.4 is 0 Å². The maximum absolute atomic E-state index is 13.3. The van der Waals surface area contributed by atoms with Crippen molar-refractivity contribution in [1.29, 1.82) is 0 Å². The van der Waals surface area contributed by atoms with Crippen LogP contribution in [-0.2, 0) is 17.5 Å². The van der Waals surface area contributed by atoms with Crippen molar-refractivity contribution in [2.75, 3.05) is 6.54 Å². The number of tetrazole rings is 1. The van der Waals surface area contributed by atoms with Gasteiger partial charge in [0.1, 0.15) is 6.04 Å². The number of likely N-dealkylation sites (tertiary alicyclic amines) is 1. The number of aromatic nitrogens is 6. The molecule has 1 aliphatic heterocycles. The van der Waals surface area contributed by atoms with Gasteiger partial charge in [0.15, 0.2) is 5.82 Å². The summed E-state index contributed by atoms with van der Waals surface area (Å²) in [5, 5.41) is 19.5. The average Bonchev–Trinajstić information content (AvgIpc) is 3.39. The third-order valence-corrected chi connectivity index (χ3v) is 5.35. The van der Waals surface area contributed by atoms with Gasteiger partial charge in [-0.2, -0.15) is 18.0 Å². The zero-order valence-electron chi connectivity index (χ0n) is 18.1. The number of amides is 1. The molecule has 0 N–H and O–H groups in total. The first-order valence-electron chi connectivity index (χ1n) is 10.4. The van der Waals surface area contributed by atoms with E-state index in [1.165, 1.54) is 23.0 Å². The lowest BCUT2D eigenvalue weighted by atomic mass is 10.0. The molecule has 3 aromatic rings. The van der Waals surface area contributed by atoms with Crippen molar-refractivity contribution in [3.63, 3.8) is 0 Å². The molecule has 33 heavy (non-hydrogen) atoms. The second-order valence-corrected chi connectivity index (χ2v) is 7.81. The van der Waals surface area contributed by atoms with Crippen molar-refractivity contribution >= 4 is 12.0 Å². The quantitative estimate of drug-likeness (QED) is 0.536. The monoisotopic (exact) mass is 461 g/mol. The molecule has 2 aromatic heterocycles. The second kappa shape index (κ2) is 9.12. The summed E-state index contributed by atoms with van der Waals surface area (Å²) >= 11 is 0. The van der Waals surface area contributed by atoms with Gasteiger partial charge in [0.05, 0.1) is 12.1 Å². The van der Waals surface area contributed by atoms with Crippen molar-refractivity contribution in [3.05, 3.63) is 58.6 Å². The number of rotatable bonds is 5. The second-order valence-electron chi connectivity index (χ2n) is 7.81. The number of benzene rings is 1. The van der Waals surface area contributed by atoms with Gasteiger partial charge in [0, 0.05) is 19.5 Å². The van der Waals surface area contributed by atoms with Crippen LogP contribution in [0.3, 0.4) is 0 Å². The molecule has 1 aromatic carbocycles. The molecular weight excluding hydrogens is 439 g/mol. The zero-order chi connectivity index (χ0) is 23.6. The Morgan fingerprint density at radius 1 is 1.21 bits per heavy atom. The molecule has 0 radical (unpaired) electrons. The summed E-state index contributed by atoms with van der Waals surface area (Å²) in [5.41, 5.74) is -0.0248. The Balaban J connectivity index is 1.59. The molecule has 1 amide bonds. The van der Waals surface area contributed by atoms with E-state index >= 15 is 0 Å². The van der Waals surface area contributed by atoms with Crippen LogP contribution in [0.2, 0.25) is 0 Å². The summed E-state index contributed by atoms with van der Waals surface area (Å²) in [7, 11) is 0. The lowest BCUT2D eigenvalue weighted by Crippen LogP contribution is -2.37. The number of aryl methyl sites for hydroxylation is 2. The number of nitrogens with zero attached hydrogens (tertiary/aromatic N) is 7. The van der Waals surface area contributed by atoms with Gasteiger partial charge < -0.3 is 9.32 Å². The van der Waals surface area contributed by atoms with E-state index in [0.29, 0.717) is 41.7 Å². The smallest absolute Gasteiger partial charge is 0.416 e. The Morgan fingerprint density at radius 2 is 2.03 bits per heavy atom. The molecule has 174 valence electrons. The molecule has 1 fully saturated rings. The molecule has 1 atom stereocenters. The number of carbonyl (C=O) groups is 1. The lowest BCUT2D eigenvalue weighted by molar-refractivity contribution is -0.137. The van der Waals surface area contributed by atoms with Crippen LogP contribution in [0, 0.1) is 13.8 Å². The predicted octanol–water partition coefficient (Wildman–Crippen LogP) is 3.51. The average molecular weight is 461 g/mol. The Bertz CT molecular complexity index is 1170. The van der Waals surface area contributed by atoms with Gasteiger partial charge in [-0.3, -0.25) is 4.79 Å². The normalized spacial score (nSPS) is 17.1. The van der Waals surface area contributed by atoms with Crippen molar-refractivity contribution in [2.45, 2.75) is 51.9 Å². The van der Waals surface area contributed by atoms with E-state index in [2.05, 4.69) is 25.6 Å². The molecule has 0 aliphatic carbocycles. The molecular formula is C21H22F3N7O2.